The Morgan fingerprint density at radius 3 is 2.64 bits per heavy atom. The Labute approximate surface area is 152 Å². The summed E-state index contributed by atoms with van der Waals surface area (Å²) in [5, 5.41) is 4.57. The molecule has 0 amide bonds. The van der Waals surface area contributed by atoms with E-state index in [2.05, 4.69) is 54.1 Å². The molecule has 1 N–H and O–H groups in total. The average molecular weight is 354 g/mol. The van der Waals surface area contributed by atoms with Crippen molar-refractivity contribution >= 4 is 22.7 Å². The largest absolute Gasteiger partial charge is 0.497 e. The highest BCUT2D eigenvalue weighted by molar-refractivity contribution is 7.99. The molecule has 2 aromatic carbocycles. The van der Waals surface area contributed by atoms with Gasteiger partial charge in [-0.3, -0.25) is 5.32 Å². The van der Waals surface area contributed by atoms with Gasteiger partial charge in [-0.05, 0) is 39.1 Å². The number of nitrogens with one attached hydrogen (secondary N) is 1. The van der Waals surface area contributed by atoms with Crippen molar-refractivity contribution in [3.05, 3.63) is 48.2 Å². The molecular formula is C20H22N2O2S. The van der Waals surface area contributed by atoms with Gasteiger partial charge >= 0.3 is 0 Å². The third-order valence-corrected chi connectivity index (χ3v) is 5.98. The molecule has 0 radical (unpaired) electrons. The molecule has 0 spiro atoms. The topological polar surface area (TPSA) is 35.4 Å². The third kappa shape index (κ3) is 2.58. The monoisotopic (exact) mass is 354 g/mol. The van der Waals surface area contributed by atoms with Crippen molar-refractivity contribution in [1.82, 2.24) is 9.88 Å². The summed E-state index contributed by atoms with van der Waals surface area (Å²) in [6, 6.07) is 14.6. The van der Waals surface area contributed by atoms with Gasteiger partial charge < -0.3 is 14.0 Å². The van der Waals surface area contributed by atoms with Gasteiger partial charge in [0.2, 0.25) is 0 Å². The fraction of sp³-hybridized carbons (Fsp3) is 0.300. The molecule has 0 saturated heterocycles. The zero-order valence-electron chi connectivity index (χ0n) is 14.9. The number of rotatable bonds is 4. The zero-order chi connectivity index (χ0) is 17.6. The minimum Gasteiger partial charge on any atom is -0.497 e. The molecule has 0 saturated carbocycles. The van der Waals surface area contributed by atoms with Gasteiger partial charge in [0.05, 0.1) is 12.6 Å². The number of hydrogen-bond donors (Lipinski definition) is 1. The second kappa shape index (κ2) is 6.32. The minimum absolute atomic E-state index is 0.0356. The van der Waals surface area contributed by atoms with Crippen LogP contribution in [0.3, 0.4) is 0 Å². The number of benzene rings is 2. The predicted octanol–water partition coefficient (Wildman–Crippen LogP) is 4.61. The van der Waals surface area contributed by atoms with Gasteiger partial charge in [-0.15, -0.1) is 0 Å². The average Bonchev–Trinajstić information content (AvgIpc) is 2.90. The van der Waals surface area contributed by atoms with Crippen LogP contribution in [0.25, 0.3) is 10.9 Å². The van der Waals surface area contributed by atoms with Crippen LogP contribution >= 0.6 is 11.8 Å². The molecule has 130 valence electrons. The van der Waals surface area contributed by atoms with Crippen LogP contribution in [0.4, 0.5) is 0 Å². The number of likely N-dealkylation sites (N-methyl/N-ethyl adjacent to an activating group) is 1. The first-order valence-corrected chi connectivity index (χ1v) is 9.25. The Hall–Kier alpha value is -2.11. The molecule has 4 nitrogen and oxygen atoms in total. The summed E-state index contributed by atoms with van der Waals surface area (Å²) < 4.78 is 14.1. The first-order valence-electron chi connectivity index (χ1n) is 8.43. The lowest BCUT2D eigenvalue weighted by Crippen LogP contribution is -2.39. The Morgan fingerprint density at radius 1 is 1.20 bits per heavy atom. The fourth-order valence-electron chi connectivity index (χ4n) is 3.61. The van der Waals surface area contributed by atoms with Gasteiger partial charge in [-0.25, -0.2) is 0 Å². The molecule has 1 aromatic heterocycles. The molecule has 1 aliphatic heterocycles. The lowest BCUT2D eigenvalue weighted by atomic mass is 10.2. The lowest BCUT2D eigenvalue weighted by molar-refractivity contribution is 0.126. The van der Waals surface area contributed by atoms with Crippen molar-refractivity contribution in [2.24, 2.45) is 0 Å². The summed E-state index contributed by atoms with van der Waals surface area (Å²) in [7, 11) is 3.68. The second-order valence-electron chi connectivity index (χ2n) is 6.28. The molecule has 2 atom stereocenters. The molecule has 2 unspecified atom stereocenters. The van der Waals surface area contributed by atoms with Crippen molar-refractivity contribution in [3.8, 4) is 11.5 Å². The Morgan fingerprint density at radius 2 is 1.96 bits per heavy atom. The van der Waals surface area contributed by atoms with Crippen LogP contribution < -0.4 is 14.8 Å². The summed E-state index contributed by atoms with van der Waals surface area (Å²) in [5.41, 5.74) is 2.38. The van der Waals surface area contributed by atoms with Crippen LogP contribution in [0.5, 0.6) is 11.5 Å². The number of aromatic nitrogens is 1. The first-order chi connectivity index (χ1) is 12.1. The van der Waals surface area contributed by atoms with Crippen LogP contribution in [-0.4, -0.2) is 24.8 Å². The summed E-state index contributed by atoms with van der Waals surface area (Å²) in [4.78, 5) is 2.47. The highest BCUT2D eigenvalue weighted by Gasteiger charge is 2.32. The van der Waals surface area contributed by atoms with E-state index in [4.69, 9.17) is 9.47 Å². The summed E-state index contributed by atoms with van der Waals surface area (Å²) in [6.07, 6.45) is 0.141. The fourth-order valence-corrected chi connectivity index (χ4v) is 4.65. The van der Waals surface area contributed by atoms with Crippen molar-refractivity contribution in [1.29, 1.82) is 0 Å². The van der Waals surface area contributed by atoms with Crippen molar-refractivity contribution in [3.63, 3.8) is 0 Å². The van der Waals surface area contributed by atoms with E-state index >= 15 is 0 Å². The van der Waals surface area contributed by atoms with Gasteiger partial charge in [0.1, 0.15) is 23.8 Å². The van der Waals surface area contributed by atoms with Crippen LogP contribution in [0.15, 0.2) is 52.3 Å². The van der Waals surface area contributed by atoms with Crippen LogP contribution in [0.2, 0.25) is 0 Å². The standard InChI is InChI=1S/C20H22N2O2S/c1-12-19(25-15-8-6-5-7-9-15)16-10-14(23-4)11-17-18(16)22(12)20(21-3)13(2)24-17/h5-11,13,20-21H,1-4H3. The highest BCUT2D eigenvalue weighted by atomic mass is 32.2. The quantitative estimate of drug-likeness (QED) is 0.742. The van der Waals surface area contributed by atoms with E-state index in [-0.39, 0.29) is 12.3 Å². The molecule has 0 fully saturated rings. The summed E-state index contributed by atoms with van der Waals surface area (Å²) in [6.45, 7) is 4.28. The maximum atomic E-state index is 6.20. The SMILES string of the molecule is CNC1C(C)Oc2cc(OC)cc3c(Sc4ccccc4)c(C)n1c23. The predicted molar refractivity (Wildman–Crippen MR) is 102 cm³/mol. The Bertz CT molecular complexity index is 921. The van der Waals surface area contributed by atoms with Crippen molar-refractivity contribution in [2.45, 2.75) is 35.9 Å². The van der Waals surface area contributed by atoms with Crippen LogP contribution in [0, 0.1) is 6.92 Å². The van der Waals surface area contributed by atoms with Gasteiger partial charge in [-0.1, -0.05) is 30.0 Å². The van der Waals surface area contributed by atoms with E-state index in [1.54, 1.807) is 18.9 Å². The third-order valence-electron chi connectivity index (χ3n) is 4.75. The molecule has 2 heterocycles. The van der Waals surface area contributed by atoms with E-state index in [0.29, 0.717) is 0 Å². The van der Waals surface area contributed by atoms with E-state index in [9.17, 15) is 0 Å². The van der Waals surface area contributed by atoms with E-state index < -0.39 is 0 Å². The van der Waals surface area contributed by atoms with E-state index in [0.717, 1.165) is 17.0 Å². The van der Waals surface area contributed by atoms with Gasteiger partial charge in [0.25, 0.3) is 0 Å². The molecule has 5 heteroatoms. The summed E-state index contributed by atoms with van der Waals surface area (Å²) >= 11 is 1.79. The smallest absolute Gasteiger partial charge is 0.147 e. The number of ether oxygens (including phenoxy) is 2. The summed E-state index contributed by atoms with van der Waals surface area (Å²) in [5.74, 6) is 1.71. The van der Waals surface area contributed by atoms with Crippen LogP contribution in [-0.2, 0) is 0 Å². The Balaban J connectivity index is 1.98. The molecule has 1 aliphatic rings. The number of nitrogens with zero attached hydrogens (tertiary/aromatic N) is 1. The van der Waals surface area contributed by atoms with E-state index in [1.165, 1.54) is 20.9 Å². The molecular weight excluding hydrogens is 332 g/mol. The van der Waals surface area contributed by atoms with Gasteiger partial charge in [0, 0.05) is 26.9 Å². The normalized spacial score (nSPS) is 19.0. The van der Waals surface area contributed by atoms with Crippen molar-refractivity contribution < 1.29 is 9.47 Å². The van der Waals surface area contributed by atoms with Gasteiger partial charge in [0.15, 0.2) is 0 Å². The second-order valence-corrected chi connectivity index (χ2v) is 7.36. The molecule has 0 aliphatic carbocycles. The zero-order valence-corrected chi connectivity index (χ0v) is 15.7. The van der Waals surface area contributed by atoms with Gasteiger partial charge in [-0.2, -0.15) is 0 Å². The van der Waals surface area contributed by atoms with E-state index in [1.807, 2.05) is 19.2 Å². The molecule has 4 rings (SSSR count). The Kier molecular flexibility index (Phi) is 4.13. The maximum absolute atomic E-state index is 6.20. The molecule has 0 bridgehead atoms. The highest BCUT2D eigenvalue weighted by Crippen LogP contribution is 2.47. The molecule has 3 aromatic rings. The van der Waals surface area contributed by atoms with Crippen molar-refractivity contribution in [2.75, 3.05) is 14.2 Å². The first kappa shape index (κ1) is 16.4. The maximum Gasteiger partial charge on any atom is 0.147 e. The van der Waals surface area contributed by atoms with Crippen LogP contribution in [0.1, 0.15) is 18.8 Å². The minimum atomic E-state index is 0.0356. The number of hydrogen-bond acceptors (Lipinski definition) is 4. The number of methoxy groups -OCH3 is 1. The lowest BCUT2D eigenvalue weighted by Gasteiger charge is -2.33. The molecule has 25 heavy (non-hydrogen) atoms.